The summed E-state index contributed by atoms with van der Waals surface area (Å²) in [6.45, 7) is 3.58. The van der Waals surface area contributed by atoms with Gasteiger partial charge in [-0.15, -0.1) is 11.3 Å². The fourth-order valence-corrected chi connectivity index (χ4v) is 2.57. The summed E-state index contributed by atoms with van der Waals surface area (Å²) in [6, 6.07) is 6.08. The van der Waals surface area contributed by atoms with Crippen LogP contribution in [0.2, 0.25) is 0 Å². The first-order valence-corrected chi connectivity index (χ1v) is 8.16. The average Bonchev–Trinajstić information content (AvgIpc) is 3.01. The van der Waals surface area contributed by atoms with E-state index < -0.39 is 17.9 Å². The van der Waals surface area contributed by atoms with Crippen molar-refractivity contribution >= 4 is 34.3 Å². The lowest BCUT2D eigenvalue weighted by molar-refractivity contribution is -0.139. The number of hydrogen-bond acceptors (Lipinski definition) is 5. The number of thiazole rings is 1. The molecule has 1 atom stereocenters. The van der Waals surface area contributed by atoms with Crippen molar-refractivity contribution in [2.45, 2.75) is 26.3 Å². The van der Waals surface area contributed by atoms with E-state index in [-0.39, 0.29) is 23.2 Å². The van der Waals surface area contributed by atoms with Crippen molar-refractivity contribution in [3.05, 3.63) is 46.5 Å². The summed E-state index contributed by atoms with van der Waals surface area (Å²) in [6.07, 6.45) is 0.266. The first-order chi connectivity index (χ1) is 11.4. The Labute approximate surface area is 142 Å². The normalized spacial score (nSPS) is 11.6. The molecule has 0 saturated carbocycles. The number of nitrogens with one attached hydrogen (secondary N) is 2. The maximum absolute atomic E-state index is 12.1. The molecule has 7 nitrogen and oxygen atoms in total. The first kappa shape index (κ1) is 17.6. The standard InChI is InChI=1S/C16H17N3O4S/c1-3-11(15(22)23)17-14(21)12-8-24-16(18-12)19-13(20)10-6-4-9(2)5-7-10/h4-8,11H,3H2,1-2H3,(H,17,21)(H,22,23)(H,18,19,20). The minimum absolute atomic E-state index is 0.0684. The molecule has 8 heteroatoms. The predicted octanol–water partition coefficient (Wildman–Crippen LogP) is 2.30. The van der Waals surface area contributed by atoms with Crippen molar-refractivity contribution in [3.63, 3.8) is 0 Å². The maximum atomic E-state index is 12.1. The summed E-state index contributed by atoms with van der Waals surface area (Å²) in [5, 5.41) is 15.7. The summed E-state index contributed by atoms with van der Waals surface area (Å²) < 4.78 is 0. The SMILES string of the molecule is CCC(NC(=O)c1csc(NC(=O)c2ccc(C)cc2)n1)C(=O)O. The van der Waals surface area contributed by atoms with E-state index in [1.54, 1.807) is 19.1 Å². The van der Waals surface area contributed by atoms with Crippen molar-refractivity contribution in [2.24, 2.45) is 0 Å². The molecule has 24 heavy (non-hydrogen) atoms. The molecule has 2 amide bonds. The van der Waals surface area contributed by atoms with Crippen molar-refractivity contribution < 1.29 is 19.5 Å². The number of aromatic nitrogens is 1. The van der Waals surface area contributed by atoms with E-state index in [4.69, 9.17) is 5.11 Å². The van der Waals surface area contributed by atoms with E-state index in [0.29, 0.717) is 5.56 Å². The topological polar surface area (TPSA) is 108 Å². The van der Waals surface area contributed by atoms with Crippen LogP contribution in [-0.4, -0.2) is 33.9 Å². The second kappa shape index (κ2) is 7.69. The van der Waals surface area contributed by atoms with Gasteiger partial charge in [0.2, 0.25) is 0 Å². The average molecular weight is 347 g/mol. The quantitative estimate of drug-likeness (QED) is 0.743. The molecule has 0 aliphatic rings. The van der Waals surface area contributed by atoms with Gasteiger partial charge in [0.15, 0.2) is 5.13 Å². The third kappa shape index (κ3) is 4.39. The lowest BCUT2D eigenvalue weighted by Crippen LogP contribution is -2.40. The molecular formula is C16H17N3O4S. The molecule has 0 aliphatic carbocycles. The molecule has 1 aromatic heterocycles. The molecule has 0 spiro atoms. The van der Waals surface area contributed by atoms with Crippen molar-refractivity contribution in [1.29, 1.82) is 0 Å². The Morgan fingerprint density at radius 2 is 1.88 bits per heavy atom. The number of anilines is 1. The lowest BCUT2D eigenvalue weighted by atomic mass is 10.1. The van der Waals surface area contributed by atoms with E-state index in [1.807, 2.05) is 19.1 Å². The van der Waals surface area contributed by atoms with Crippen LogP contribution in [0.1, 0.15) is 39.8 Å². The van der Waals surface area contributed by atoms with E-state index in [9.17, 15) is 14.4 Å². The minimum Gasteiger partial charge on any atom is -0.480 e. The summed E-state index contributed by atoms with van der Waals surface area (Å²) in [5.41, 5.74) is 1.60. The Morgan fingerprint density at radius 3 is 2.46 bits per heavy atom. The zero-order chi connectivity index (χ0) is 17.7. The van der Waals surface area contributed by atoms with E-state index in [2.05, 4.69) is 15.6 Å². The molecule has 126 valence electrons. The number of aliphatic carboxylic acids is 1. The predicted molar refractivity (Wildman–Crippen MR) is 90.4 cm³/mol. The van der Waals surface area contributed by atoms with Gasteiger partial charge in [0, 0.05) is 10.9 Å². The second-order valence-corrected chi connectivity index (χ2v) is 5.99. The highest BCUT2D eigenvalue weighted by molar-refractivity contribution is 7.14. The summed E-state index contributed by atoms with van der Waals surface area (Å²) >= 11 is 1.10. The smallest absolute Gasteiger partial charge is 0.326 e. The Morgan fingerprint density at radius 1 is 1.21 bits per heavy atom. The first-order valence-electron chi connectivity index (χ1n) is 7.28. The van der Waals surface area contributed by atoms with Gasteiger partial charge in [-0.3, -0.25) is 14.9 Å². The Kier molecular flexibility index (Phi) is 5.64. The third-order valence-electron chi connectivity index (χ3n) is 3.28. The number of carboxylic acids is 1. The molecule has 0 fully saturated rings. The van der Waals surface area contributed by atoms with Crippen LogP contribution < -0.4 is 10.6 Å². The van der Waals surface area contributed by atoms with Crippen LogP contribution in [0.5, 0.6) is 0 Å². The van der Waals surface area contributed by atoms with Gasteiger partial charge in [0.05, 0.1) is 0 Å². The van der Waals surface area contributed by atoms with Gasteiger partial charge in [-0.2, -0.15) is 0 Å². The highest BCUT2D eigenvalue weighted by atomic mass is 32.1. The largest absolute Gasteiger partial charge is 0.480 e. The van der Waals surface area contributed by atoms with Gasteiger partial charge < -0.3 is 10.4 Å². The van der Waals surface area contributed by atoms with Gasteiger partial charge in [0.1, 0.15) is 11.7 Å². The highest BCUT2D eigenvalue weighted by Gasteiger charge is 2.20. The number of rotatable bonds is 6. The Balaban J connectivity index is 2.02. The molecule has 0 radical (unpaired) electrons. The highest BCUT2D eigenvalue weighted by Crippen LogP contribution is 2.17. The van der Waals surface area contributed by atoms with Crippen LogP contribution in [0.3, 0.4) is 0 Å². The molecule has 0 bridgehead atoms. The fraction of sp³-hybridized carbons (Fsp3) is 0.250. The van der Waals surface area contributed by atoms with E-state index >= 15 is 0 Å². The van der Waals surface area contributed by atoms with Gasteiger partial charge in [-0.25, -0.2) is 9.78 Å². The number of amides is 2. The van der Waals surface area contributed by atoms with Crippen LogP contribution in [0, 0.1) is 6.92 Å². The zero-order valence-electron chi connectivity index (χ0n) is 13.2. The number of nitrogens with zero attached hydrogens (tertiary/aromatic N) is 1. The van der Waals surface area contributed by atoms with Crippen LogP contribution in [0.4, 0.5) is 5.13 Å². The number of hydrogen-bond donors (Lipinski definition) is 3. The second-order valence-electron chi connectivity index (χ2n) is 5.13. The van der Waals surface area contributed by atoms with Crippen LogP contribution >= 0.6 is 11.3 Å². The summed E-state index contributed by atoms with van der Waals surface area (Å²) in [5.74, 6) is -2.02. The number of carbonyl (C=O) groups is 3. The molecule has 3 N–H and O–H groups in total. The van der Waals surface area contributed by atoms with Crippen LogP contribution in [0.15, 0.2) is 29.6 Å². The zero-order valence-corrected chi connectivity index (χ0v) is 14.0. The minimum atomic E-state index is -1.10. The Bertz CT molecular complexity index is 755. The molecule has 1 heterocycles. The molecule has 0 aliphatic heterocycles. The number of aryl methyl sites for hydroxylation is 1. The number of carboxylic acid groups (broad SMARTS) is 1. The fourth-order valence-electron chi connectivity index (χ4n) is 1.88. The Hall–Kier alpha value is -2.74. The summed E-state index contributed by atoms with van der Waals surface area (Å²) in [7, 11) is 0. The molecule has 1 unspecified atom stereocenters. The number of benzene rings is 1. The van der Waals surface area contributed by atoms with Crippen LogP contribution in [-0.2, 0) is 4.79 Å². The molecule has 0 saturated heterocycles. The molecular weight excluding hydrogens is 330 g/mol. The van der Waals surface area contributed by atoms with Crippen molar-refractivity contribution in [3.8, 4) is 0 Å². The van der Waals surface area contributed by atoms with Gasteiger partial charge in [-0.1, -0.05) is 24.6 Å². The van der Waals surface area contributed by atoms with Gasteiger partial charge in [0.25, 0.3) is 11.8 Å². The third-order valence-corrected chi connectivity index (χ3v) is 4.04. The lowest BCUT2D eigenvalue weighted by Gasteiger charge is -2.10. The molecule has 2 rings (SSSR count). The van der Waals surface area contributed by atoms with Gasteiger partial charge in [-0.05, 0) is 25.5 Å². The summed E-state index contributed by atoms with van der Waals surface area (Å²) in [4.78, 5) is 39.0. The molecule has 1 aromatic carbocycles. The monoisotopic (exact) mass is 347 g/mol. The van der Waals surface area contributed by atoms with Crippen molar-refractivity contribution in [2.75, 3.05) is 5.32 Å². The van der Waals surface area contributed by atoms with E-state index in [1.165, 1.54) is 5.38 Å². The maximum Gasteiger partial charge on any atom is 0.326 e. The molecule has 2 aromatic rings. The van der Waals surface area contributed by atoms with Crippen molar-refractivity contribution in [1.82, 2.24) is 10.3 Å². The number of carbonyl (C=O) groups excluding carboxylic acids is 2. The van der Waals surface area contributed by atoms with E-state index in [0.717, 1.165) is 16.9 Å². The van der Waals surface area contributed by atoms with Gasteiger partial charge >= 0.3 is 5.97 Å². The van der Waals surface area contributed by atoms with Crippen LogP contribution in [0.25, 0.3) is 0 Å².